The third kappa shape index (κ3) is 5.73. The van der Waals surface area contributed by atoms with E-state index in [1.165, 1.54) is 9.69 Å². The summed E-state index contributed by atoms with van der Waals surface area (Å²) in [5, 5.41) is 8.43. The van der Waals surface area contributed by atoms with Gasteiger partial charge in [-0.1, -0.05) is 42.5 Å². The van der Waals surface area contributed by atoms with E-state index in [0.717, 1.165) is 0 Å². The van der Waals surface area contributed by atoms with Crippen molar-refractivity contribution in [2.75, 3.05) is 43.0 Å². The Balaban J connectivity index is 1.49. The fraction of sp³-hybridized carbons (Fsp3) is 0.412. The van der Waals surface area contributed by atoms with Gasteiger partial charge < -0.3 is 5.32 Å². The van der Waals surface area contributed by atoms with Crippen LogP contribution in [-0.4, -0.2) is 59.8 Å². The summed E-state index contributed by atoms with van der Waals surface area (Å²) >= 11 is 5.19. The fourth-order valence-corrected chi connectivity index (χ4v) is 3.07. The van der Waals surface area contributed by atoms with Gasteiger partial charge in [0, 0.05) is 18.7 Å². The van der Waals surface area contributed by atoms with E-state index in [1.54, 1.807) is 35.5 Å². The Kier molecular flexibility index (Phi) is 6.25. The van der Waals surface area contributed by atoms with Crippen LogP contribution in [0.5, 0.6) is 0 Å². The van der Waals surface area contributed by atoms with Crippen LogP contribution in [0.4, 0.5) is 19.1 Å². The number of hydrogen-bond acceptors (Lipinski definition) is 6. The number of ketones is 1. The van der Waals surface area contributed by atoms with Crippen molar-refractivity contribution < 1.29 is 27.3 Å². The summed E-state index contributed by atoms with van der Waals surface area (Å²) in [5.41, 5.74) is 0.566. The molecule has 28 heavy (non-hydrogen) atoms. The third-order valence-corrected chi connectivity index (χ3v) is 4.42. The van der Waals surface area contributed by atoms with Gasteiger partial charge in [-0.25, -0.2) is 0 Å². The molecule has 7 nitrogen and oxygen atoms in total. The molecule has 1 fully saturated rings. The Labute approximate surface area is 164 Å². The molecule has 3 rings (SSSR count). The second-order valence-electron chi connectivity index (χ2n) is 6.35. The number of thiocarbonyl (C=S) groups is 1. The van der Waals surface area contributed by atoms with Gasteiger partial charge >= 0.3 is 12.1 Å². The third-order valence-electron chi connectivity index (χ3n) is 4.18. The predicted molar refractivity (Wildman–Crippen MR) is 98.8 cm³/mol. The highest BCUT2D eigenvalue weighted by Gasteiger charge is 2.34. The maximum atomic E-state index is 12.5. The molecule has 1 N–H and O–H groups in total. The quantitative estimate of drug-likeness (QED) is 0.439. The van der Waals surface area contributed by atoms with E-state index in [9.17, 15) is 18.0 Å². The molecule has 0 radical (unpaired) electrons. The minimum absolute atomic E-state index is 0.0240. The van der Waals surface area contributed by atoms with Crippen molar-refractivity contribution in [3.05, 3.63) is 42.1 Å². The van der Waals surface area contributed by atoms with E-state index in [1.807, 2.05) is 6.07 Å². The topological polar surface area (TPSA) is 65.5 Å². The lowest BCUT2D eigenvalue weighted by Crippen LogP contribution is -2.65. The zero-order valence-electron chi connectivity index (χ0n) is 14.9. The normalized spacial score (nSPS) is 15.5. The maximum absolute atomic E-state index is 12.5. The number of Topliss-reactive ketones (excluding diaryl/α,β-unsaturated/α-hetero) is 1. The molecule has 1 saturated heterocycles. The van der Waals surface area contributed by atoms with E-state index in [0.29, 0.717) is 18.7 Å². The van der Waals surface area contributed by atoms with Crippen LogP contribution >= 0.6 is 12.2 Å². The van der Waals surface area contributed by atoms with E-state index in [2.05, 4.69) is 10.6 Å². The highest BCUT2D eigenvalue weighted by molar-refractivity contribution is 7.80. The Morgan fingerprint density at radius 2 is 1.89 bits per heavy atom. The average molecular weight is 414 g/mol. The number of carbonyl (C=O) groups is 1. The summed E-state index contributed by atoms with van der Waals surface area (Å²) < 4.78 is 42.5. The molecular formula is C17H19F3N5O2S+. The van der Waals surface area contributed by atoms with Crippen molar-refractivity contribution in [2.24, 2.45) is 0 Å². The van der Waals surface area contributed by atoms with Crippen LogP contribution in [-0.2, 0) is 0 Å². The van der Waals surface area contributed by atoms with Gasteiger partial charge in [0.05, 0.1) is 35.8 Å². The molecule has 0 amide bonds. The molecule has 0 atom stereocenters. The number of alkyl halides is 3. The molecule has 2 aromatic rings. The van der Waals surface area contributed by atoms with Crippen LogP contribution in [0.2, 0.25) is 0 Å². The lowest BCUT2D eigenvalue weighted by molar-refractivity contribution is -0.759. The number of hydrogen-bond donors (Lipinski definition) is 1. The van der Waals surface area contributed by atoms with Crippen molar-refractivity contribution in [1.82, 2.24) is 10.2 Å². The van der Waals surface area contributed by atoms with Crippen molar-refractivity contribution in [2.45, 2.75) is 12.6 Å². The van der Waals surface area contributed by atoms with Crippen LogP contribution in [0, 0.1) is 0 Å². The fourth-order valence-electron chi connectivity index (χ4n) is 2.83. The minimum atomic E-state index is -4.20. The monoisotopic (exact) mass is 414 g/mol. The number of rotatable bonds is 6. The zero-order valence-corrected chi connectivity index (χ0v) is 15.7. The van der Waals surface area contributed by atoms with Gasteiger partial charge in [0.25, 0.3) is 6.20 Å². The molecule has 0 unspecified atom stereocenters. The van der Waals surface area contributed by atoms with E-state index < -0.39 is 12.7 Å². The maximum Gasteiger partial charge on any atom is 0.401 e. The standard InChI is InChI=1S/C17H18F3N5O2S/c18-17(19,20)12-23-6-8-24(9-7-23)25-11-15(27-22-25)21-16(28)10-14(26)13-4-2-1-3-5-13/h1-5,11H,6-10,12H2/p+1. The summed E-state index contributed by atoms with van der Waals surface area (Å²) in [6.45, 7) is 0.381. The van der Waals surface area contributed by atoms with Gasteiger partial charge in [-0.2, -0.15) is 18.2 Å². The van der Waals surface area contributed by atoms with Crippen molar-refractivity contribution in [1.29, 1.82) is 0 Å². The van der Waals surface area contributed by atoms with Crippen molar-refractivity contribution >= 4 is 28.9 Å². The summed E-state index contributed by atoms with van der Waals surface area (Å²) in [6.07, 6.45) is -2.64. The summed E-state index contributed by atoms with van der Waals surface area (Å²) in [6, 6.07) is 8.80. The van der Waals surface area contributed by atoms with Gasteiger partial charge in [-0.15, -0.1) is 0 Å². The molecule has 150 valence electrons. The van der Waals surface area contributed by atoms with Gasteiger partial charge in [-0.05, 0) is 0 Å². The Morgan fingerprint density at radius 1 is 1.21 bits per heavy atom. The molecule has 1 aliphatic heterocycles. The van der Waals surface area contributed by atoms with Gasteiger partial charge in [0.1, 0.15) is 0 Å². The smallest absolute Gasteiger partial charge is 0.313 e. The van der Waals surface area contributed by atoms with Crippen LogP contribution in [0.15, 0.2) is 41.1 Å². The summed E-state index contributed by atoms with van der Waals surface area (Å²) in [5.74, 6) is 0.134. The van der Waals surface area contributed by atoms with E-state index in [-0.39, 0.29) is 36.2 Å². The molecular weight excluding hydrogens is 395 g/mol. The van der Waals surface area contributed by atoms with E-state index in [4.69, 9.17) is 16.7 Å². The molecule has 0 saturated carbocycles. The lowest BCUT2D eigenvalue weighted by atomic mass is 10.1. The number of carbonyl (C=O) groups excluding carboxylic acids is 1. The first kappa shape index (κ1) is 20.2. The number of benzene rings is 1. The second-order valence-corrected chi connectivity index (χ2v) is 6.84. The van der Waals surface area contributed by atoms with Crippen LogP contribution in [0.3, 0.4) is 0 Å². The van der Waals surface area contributed by atoms with Gasteiger partial charge in [0.15, 0.2) is 5.78 Å². The Hall–Kier alpha value is -2.53. The van der Waals surface area contributed by atoms with Crippen molar-refractivity contribution in [3.63, 3.8) is 0 Å². The van der Waals surface area contributed by atoms with E-state index >= 15 is 0 Å². The highest BCUT2D eigenvalue weighted by Crippen LogP contribution is 2.17. The Bertz CT molecular complexity index is 820. The van der Waals surface area contributed by atoms with Gasteiger partial charge in [-0.3, -0.25) is 14.2 Å². The highest BCUT2D eigenvalue weighted by atomic mass is 32.1. The molecule has 1 aromatic heterocycles. The first-order chi connectivity index (χ1) is 13.3. The molecule has 0 spiro atoms. The van der Waals surface area contributed by atoms with Gasteiger partial charge in [0.2, 0.25) is 5.27 Å². The number of anilines is 1. The molecule has 1 aliphatic rings. The van der Waals surface area contributed by atoms with Crippen LogP contribution in [0.25, 0.3) is 0 Å². The lowest BCUT2D eigenvalue weighted by Gasteiger charge is -2.30. The number of aromatic nitrogens is 2. The summed E-state index contributed by atoms with van der Waals surface area (Å²) in [4.78, 5) is 15.2. The zero-order chi connectivity index (χ0) is 20.1. The number of halogens is 3. The van der Waals surface area contributed by atoms with Crippen LogP contribution < -0.4 is 15.1 Å². The number of piperazine rings is 1. The second kappa shape index (κ2) is 8.65. The average Bonchev–Trinajstić information content (AvgIpc) is 3.10. The number of nitrogens with one attached hydrogen (secondary N) is 1. The molecule has 2 heterocycles. The predicted octanol–water partition coefficient (Wildman–Crippen LogP) is 1.79. The molecule has 0 bridgehead atoms. The minimum Gasteiger partial charge on any atom is -0.313 e. The SMILES string of the molecule is O=C(CC(=S)Nc1c[n+](N2CCN(CC(F)(F)F)CC2)no1)c1ccccc1. The molecule has 1 aromatic carbocycles. The molecule has 0 aliphatic carbocycles. The van der Waals surface area contributed by atoms with Crippen molar-refractivity contribution in [3.8, 4) is 0 Å². The first-order valence-electron chi connectivity index (χ1n) is 8.61. The first-order valence-corrected chi connectivity index (χ1v) is 9.02. The molecule has 11 heteroatoms. The Morgan fingerprint density at radius 3 is 2.54 bits per heavy atom. The number of nitrogens with zero attached hydrogens (tertiary/aromatic N) is 4. The largest absolute Gasteiger partial charge is 0.401 e. The summed E-state index contributed by atoms with van der Waals surface area (Å²) in [7, 11) is 0. The van der Waals surface area contributed by atoms with Crippen LogP contribution in [0.1, 0.15) is 16.8 Å².